The molecule has 0 unspecified atom stereocenters. The summed E-state index contributed by atoms with van der Waals surface area (Å²) in [7, 11) is -4.26. The average molecular weight is 311 g/mol. The molecule has 0 aliphatic carbocycles. The summed E-state index contributed by atoms with van der Waals surface area (Å²) in [6, 6.07) is 9.66. The summed E-state index contributed by atoms with van der Waals surface area (Å²) in [5, 5.41) is 1.39. The molecule has 1 aromatic heterocycles. The lowest BCUT2D eigenvalue weighted by atomic mass is 9.99. The van der Waals surface area contributed by atoms with Crippen molar-refractivity contribution in [3.63, 3.8) is 0 Å². The molecule has 0 aliphatic rings. The van der Waals surface area contributed by atoms with Crippen LogP contribution in [0.4, 0.5) is 0 Å². The van der Waals surface area contributed by atoms with Crippen LogP contribution in [0.15, 0.2) is 35.7 Å². The Kier molecular flexibility index (Phi) is 4.45. The molecule has 4 nitrogen and oxygen atoms in total. The van der Waals surface area contributed by atoms with Crippen LogP contribution in [0.1, 0.15) is 32.4 Å². The van der Waals surface area contributed by atoms with Crippen molar-refractivity contribution in [2.75, 3.05) is 0 Å². The SMILES string of the molecule is CCC(CC)(c1csc(-c2ccccc2)n1)P(=O)(O)O. The molecule has 0 aliphatic heterocycles. The first-order valence-electron chi connectivity index (χ1n) is 6.51. The highest BCUT2D eigenvalue weighted by atomic mass is 32.1. The minimum Gasteiger partial charge on any atom is -0.324 e. The van der Waals surface area contributed by atoms with Crippen LogP contribution in [-0.2, 0) is 9.72 Å². The number of hydrogen-bond acceptors (Lipinski definition) is 3. The third-order valence-corrected chi connectivity index (χ3v) is 6.60. The Morgan fingerprint density at radius 2 is 1.80 bits per heavy atom. The van der Waals surface area contributed by atoms with Gasteiger partial charge in [0.2, 0.25) is 0 Å². The molecule has 2 rings (SSSR count). The lowest BCUT2D eigenvalue weighted by Crippen LogP contribution is -2.24. The fraction of sp³-hybridized carbons (Fsp3) is 0.357. The maximum Gasteiger partial charge on any atom is 0.337 e. The van der Waals surface area contributed by atoms with E-state index in [4.69, 9.17) is 0 Å². The molecule has 1 heterocycles. The smallest absolute Gasteiger partial charge is 0.324 e. The summed E-state index contributed by atoms with van der Waals surface area (Å²) >= 11 is 1.42. The van der Waals surface area contributed by atoms with Crippen molar-refractivity contribution in [2.45, 2.75) is 31.8 Å². The summed E-state index contributed by atoms with van der Waals surface area (Å²) in [6.07, 6.45) is 0.734. The summed E-state index contributed by atoms with van der Waals surface area (Å²) in [5.41, 5.74) is 1.47. The van der Waals surface area contributed by atoms with Gasteiger partial charge in [0.15, 0.2) is 0 Å². The van der Waals surface area contributed by atoms with E-state index in [2.05, 4.69) is 4.98 Å². The highest BCUT2D eigenvalue weighted by Gasteiger charge is 2.47. The van der Waals surface area contributed by atoms with Gasteiger partial charge < -0.3 is 9.79 Å². The highest BCUT2D eigenvalue weighted by Crippen LogP contribution is 2.61. The van der Waals surface area contributed by atoms with Crippen LogP contribution in [0.5, 0.6) is 0 Å². The Morgan fingerprint density at radius 1 is 1.20 bits per heavy atom. The normalized spacial score (nSPS) is 12.6. The zero-order valence-electron chi connectivity index (χ0n) is 11.5. The maximum absolute atomic E-state index is 11.9. The molecular weight excluding hydrogens is 293 g/mol. The van der Waals surface area contributed by atoms with E-state index in [0.717, 1.165) is 10.6 Å². The third kappa shape index (κ3) is 2.59. The van der Waals surface area contributed by atoms with E-state index in [1.54, 1.807) is 19.2 Å². The molecule has 1 aromatic carbocycles. The average Bonchev–Trinajstić information content (AvgIpc) is 2.90. The van der Waals surface area contributed by atoms with Crippen LogP contribution >= 0.6 is 18.9 Å². The van der Waals surface area contributed by atoms with E-state index < -0.39 is 12.8 Å². The summed E-state index contributed by atoms with van der Waals surface area (Å²) in [4.78, 5) is 24.0. The van der Waals surface area contributed by atoms with E-state index in [1.165, 1.54) is 11.3 Å². The van der Waals surface area contributed by atoms with Crippen molar-refractivity contribution < 1.29 is 14.4 Å². The second-order valence-corrected chi connectivity index (χ2v) is 7.49. The molecule has 2 aromatic rings. The van der Waals surface area contributed by atoms with Gasteiger partial charge in [-0.3, -0.25) is 4.57 Å². The van der Waals surface area contributed by atoms with Crippen LogP contribution < -0.4 is 0 Å². The minimum atomic E-state index is -4.26. The zero-order chi connectivity index (χ0) is 14.8. The third-order valence-electron chi connectivity index (χ3n) is 3.73. The van der Waals surface area contributed by atoms with Gasteiger partial charge in [-0.05, 0) is 12.8 Å². The molecule has 6 heteroatoms. The predicted molar refractivity (Wildman–Crippen MR) is 81.9 cm³/mol. The van der Waals surface area contributed by atoms with Gasteiger partial charge in [-0.25, -0.2) is 4.98 Å². The fourth-order valence-electron chi connectivity index (χ4n) is 2.37. The first-order valence-corrected chi connectivity index (χ1v) is 9.01. The Hall–Kier alpha value is -1.00. The number of hydrogen-bond donors (Lipinski definition) is 2. The molecule has 20 heavy (non-hydrogen) atoms. The van der Waals surface area contributed by atoms with Crippen molar-refractivity contribution in [3.8, 4) is 10.6 Å². The summed E-state index contributed by atoms with van der Waals surface area (Å²) < 4.78 is 11.9. The van der Waals surface area contributed by atoms with Crippen LogP contribution in [-0.4, -0.2) is 14.8 Å². The van der Waals surface area contributed by atoms with Crippen molar-refractivity contribution >= 4 is 18.9 Å². The van der Waals surface area contributed by atoms with Crippen molar-refractivity contribution in [1.29, 1.82) is 0 Å². The van der Waals surface area contributed by atoms with Gasteiger partial charge in [0.05, 0.1) is 5.69 Å². The topological polar surface area (TPSA) is 70.4 Å². The lowest BCUT2D eigenvalue weighted by Gasteiger charge is -2.30. The largest absolute Gasteiger partial charge is 0.337 e. The summed E-state index contributed by atoms with van der Waals surface area (Å²) in [6.45, 7) is 3.59. The lowest BCUT2D eigenvalue weighted by molar-refractivity contribution is 0.313. The van der Waals surface area contributed by atoms with Gasteiger partial charge in [0.25, 0.3) is 0 Å². The van der Waals surface area contributed by atoms with E-state index in [9.17, 15) is 14.4 Å². The van der Waals surface area contributed by atoms with Gasteiger partial charge in [-0.2, -0.15) is 0 Å². The Balaban J connectivity index is 2.48. The molecule has 0 spiro atoms. The van der Waals surface area contributed by atoms with Gasteiger partial charge in [0, 0.05) is 10.9 Å². The number of benzene rings is 1. The predicted octanol–water partition coefficient (Wildman–Crippen LogP) is 4.00. The second-order valence-electron chi connectivity index (χ2n) is 4.69. The Bertz CT molecular complexity index is 616. The fourth-order valence-corrected chi connectivity index (χ4v) is 4.62. The molecule has 0 radical (unpaired) electrons. The van der Waals surface area contributed by atoms with Crippen molar-refractivity contribution in [3.05, 3.63) is 41.4 Å². The summed E-state index contributed by atoms with van der Waals surface area (Å²) in [5.74, 6) is 0. The Morgan fingerprint density at radius 3 is 2.30 bits per heavy atom. The standard InChI is InChI=1S/C14H18NO3PS/c1-3-14(4-2,19(16,17)18)12-10-20-13(15-12)11-8-6-5-7-9-11/h5-10H,3-4H2,1-2H3,(H2,16,17,18). The highest BCUT2D eigenvalue weighted by molar-refractivity contribution is 7.53. The van der Waals surface area contributed by atoms with E-state index in [0.29, 0.717) is 18.5 Å². The van der Waals surface area contributed by atoms with Crippen molar-refractivity contribution in [2.24, 2.45) is 0 Å². The monoisotopic (exact) mass is 311 g/mol. The van der Waals surface area contributed by atoms with Crippen LogP contribution in [0.25, 0.3) is 10.6 Å². The number of nitrogens with zero attached hydrogens (tertiary/aromatic N) is 1. The van der Waals surface area contributed by atoms with Crippen molar-refractivity contribution in [1.82, 2.24) is 4.98 Å². The Labute approximate surface area is 122 Å². The van der Waals surface area contributed by atoms with Gasteiger partial charge >= 0.3 is 7.60 Å². The van der Waals surface area contributed by atoms with Crippen LogP contribution in [0, 0.1) is 0 Å². The molecule has 0 atom stereocenters. The maximum atomic E-state index is 11.9. The zero-order valence-corrected chi connectivity index (χ0v) is 13.2. The second kappa shape index (κ2) is 5.78. The van der Waals surface area contributed by atoms with Crippen LogP contribution in [0.3, 0.4) is 0 Å². The van der Waals surface area contributed by atoms with E-state index >= 15 is 0 Å². The van der Waals surface area contributed by atoms with Gasteiger partial charge in [0.1, 0.15) is 10.2 Å². The number of rotatable bonds is 5. The molecule has 108 valence electrons. The molecular formula is C14H18NO3PS. The molecule has 2 N–H and O–H groups in total. The molecule has 0 saturated heterocycles. The quantitative estimate of drug-likeness (QED) is 0.819. The molecule has 0 bridgehead atoms. The number of thiazole rings is 1. The van der Waals surface area contributed by atoms with Gasteiger partial charge in [-0.1, -0.05) is 44.2 Å². The first-order chi connectivity index (χ1) is 9.44. The molecule has 0 saturated carbocycles. The van der Waals surface area contributed by atoms with E-state index in [1.807, 2.05) is 30.3 Å². The first kappa shape index (κ1) is 15.4. The minimum absolute atomic E-state index is 0.367. The van der Waals surface area contributed by atoms with Gasteiger partial charge in [-0.15, -0.1) is 11.3 Å². The number of aromatic nitrogens is 1. The van der Waals surface area contributed by atoms with E-state index in [-0.39, 0.29) is 0 Å². The molecule has 0 fully saturated rings. The van der Waals surface area contributed by atoms with Crippen LogP contribution in [0.2, 0.25) is 0 Å². The molecule has 0 amide bonds.